The summed E-state index contributed by atoms with van der Waals surface area (Å²) in [5.41, 5.74) is 0.702. The highest BCUT2D eigenvalue weighted by Gasteiger charge is 2.04. The average molecular weight is 417 g/mol. The van der Waals surface area contributed by atoms with Crippen molar-refractivity contribution < 1.29 is 10.0 Å². The molecule has 0 saturated heterocycles. The number of phenolic OH excluding ortho intramolecular Hbond substituents is 1. The molecule has 1 N–H and O–H groups in total. The lowest BCUT2D eigenvalue weighted by Gasteiger charge is -2.01. The van der Waals surface area contributed by atoms with Crippen LogP contribution in [0, 0.1) is 17.3 Å². The summed E-state index contributed by atoms with van der Waals surface area (Å²) in [6, 6.07) is 3.36. The third kappa shape index (κ3) is 3.08. The normalized spacial score (nSPS) is 10.7. The van der Waals surface area contributed by atoms with Crippen LogP contribution < -0.4 is 0 Å². The molecule has 1 aromatic rings. The number of nitro groups is 1. The highest BCUT2D eigenvalue weighted by molar-refractivity contribution is 14.1. The van der Waals surface area contributed by atoms with Gasteiger partial charge in [-0.1, -0.05) is 0 Å². The summed E-state index contributed by atoms with van der Waals surface area (Å²) in [6.07, 6.45) is 2.27. The molecule has 0 atom stereocenters. The van der Waals surface area contributed by atoms with E-state index >= 15 is 0 Å². The molecule has 0 fully saturated rings. The van der Waals surface area contributed by atoms with Crippen LogP contribution in [-0.2, 0) is 0 Å². The summed E-state index contributed by atoms with van der Waals surface area (Å²) < 4.78 is 1.36. The van der Waals surface area contributed by atoms with E-state index in [4.69, 9.17) is 0 Å². The van der Waals surface area contributed by atoms with E-state index in [2.05, 4.69) is 0 Å². The van der Waals surface area contributed by atoms with Crippen LogP contribution in [0.5, 0.6) is 5.75 Å². The van der Waals surface area contributed by atoms with Crippen LogP contribution >= 0.6 is 45.2 Å². The van der Waals surface area contributed by atoms with Crippen molar-refractivity contribution in [2.75, 3.05) is 0 Å². The predicted octanol–water partition coefficient (Wildman–Crippen LogP) is 2.85. The van der Waals surface area contributed by atoms with E-state index < -0.39 is 4.92 Å². The standard InChI is InChI=1S/C8H5I2NO3/c9-6-3-5(1-2-11(13)14)4-7(10)8(6)12/h1-4,12H. The average Bonchev–Trinajstić information content (AvgIpc) is 2.10. The zero-order chi connectivity index (χ0) is 10.7. The van der Waals surface area contributed by atoms with Crippen LogP contribution in [0.3, 0.4) is 0 Å². The van der Waals surface area contributed by atoms with E-state index in [-0.39, 0.29) is 5.75 Å². The Labute approximate surface area is 107 Å². The van der Waals surface area contributed by atoms with Crippen LogP contribution in [0.15, 0.2) is 18.3 Å². The van der Waals surface area contributed by atoms with Gasteiger partial charge < -0.3 is 5.11 Å². The Morgan fingerprint density at radius 1 is 1.36 bits per heavy atom. The van der Waals surface area contributed by atoms with Crippen LogP contribution in [0.25, 0.3) is 6.08 Å². The van der Waals surface area contributed by atoms with Gasteiger partial charge in [-0.25, -0.2) is 0 Å². The molecule has 0 aliphatic rings. The van der Waals surface area contributed by atoms with Gasteiger partial charge in [0.1, 0.15) is 5.75 Å². The van der Waals surface area contributed by atoms with Gasteiger partial charge in [-0.2, -0.15) is 0 Å². The van der Waals surface area contributed by atoms with Crippen molar-refractivity contribution >= 4 is 51.3 Å². The minimum absolute atomic E-state index is 0.212. The molecule has 1 rings (SSSR count). The van der Waals surface area contributed by atoms with Crippen molar-refractivity contribution in [1.29, 1.82) is 0 Å². The van der Waals surface area contributed by atoms with Gasteiger partial charge in [0, 0.05) is 6.08 Å². The van der Waals surface area contributed by atoms with E-state index in [0.29, 0.717) is 12.7 Å². The molecule has 1 aromatic carbocycles. The molecule has 0 saturated carbocycles. The Balaban J connectivity index is 3.07. The third-order valence-corrected chi connectivity index (χ3v) is 3.07. The summed E-state index contributed by atoms with van der Waals surface area (Å²) >= 11 is 3.95. The summed E-state index contributed by atoms with van der Waals surface area (Å²) in [6.45, 7) is 0. The summed E-state index contributed by atoms with van der Waals surface area (Å²) in [4.78, 5) is 9.55. The SMILES string of the molecule is O=[N+]([O-])C=Cc1cc(I)c(O)c(I)c1. The second-order valence-corrected chi connectivity index (χ2v) is 4.76. The summed E-state index contributed by atoms with van der Waals surface area (Å²) in [5, 5.41) is 19.5. The van der Waals surface area contributed by atoms with Crippen LogP contribution in [0.2, 0.25) is 0 Å². The second kappa shape index (κ2) is 4.91. The molecule has 0 aromatic heterocycles. The molecule has 0 unspecified atom stereocenters. The lowest BCUT2D eigenvalue weighted by Crippen LogP contribution is -1.85. The maximum Gasteiger partial charge on any atom is 0.235 e. The maximum atomic E-state index is 10.1. The van der Waals surface area contributed by atoms with Crippen LogP contribution in [-0.4, -0.2) is 10.0 Å². The number of halogens is 2. The monoisotopic (exact) mass is 417 g/mol. The molecule has 14 heavy (non-hydrogen) atoms. The van der Waals surface area contributed by atoms with E-state index in [1.165, 1.54) is 6.08 Å². The number of aromatic hydroxyl groups is 1. The van der Waals surface area contributed by atoms with Gasteiger partial charge >= 0.3 is 0 Å². The Morgan fingerprint density at radius 2 is 1.86 bits per heavy atom. The third-order valence-electron chi connectivity index (χ3n) is 1.43. The molecule has 0 heterocycles. The Hall–Kier alpha value is -0.380. The first-order valence-electron chi connectivity index (χ1n) is 3.50. The molecular weight excluding hydrogens is 412 g/mol. The first-order valence-corrected chi connectivity index (χ1v) is 5.66. The van der Waals surface area contributed by atoms with Crippen molar-refractivity contribution in [3.05, 3.63) is 41.2 Å². The Bertz CT molecular complexity index is 381. The number of benzene rings is 1. The number of rotatable bonds is 2. The van der Waals surface area contributed by atoms with E-state index in [9.17, 15) is 15.2 Å². The van der Waals surface area contributed by atoms with E-state index in [0.717, 1.165) is 6.20 Å². The zero-order valence-corrected chi connectivity index (χ0v) is 11.1. The van der Waals surface area contributed by atoms with Crippen molar-refractivity contribution in [2.45, 2.75) is 0 Å². The van der Waals surface area contributed by atoms with Crippen LogP contribution in [0.1, 0.15) is 5.56 Å². The molecule has 0 aliphatic carbocycles. The number of nitrogens with zero attached hydrogens (tertiary/aromatic N) is 1. The summed E-state index contributed by atoms with van der Waals surface area (Å²) in [5.74, 6) is 0.212. The molecule has 4 nitrogen and oxygen atoms in total. The second-order valence-electron chi connectivity index (χ2n) is 2.43. The molecule has 74 valence electrons. The molecule has 6 heteroatoms. The minimum atomic E-state index is -0.521. The fourth-order valence-corrected chi connectivity index (χ4v) is 2.64. The molecular formula is C8H5I2NO3. The van der Waals surface area contributed by atoms with Gasteiger partial charge in [-0.15, -0.1) is 0 Å². The fourth-order valence-electron chi connectivity index (χ4n) is 0.828. The van der Waals surface area contributed by atoms with Gasteiger partial charge in [-0.05, 0) is 62.9 Å². The topological polar surface area (TPSA) is 63.4 Å². The number of phenols is 1. The fraction of sp³-hybridized carbons (Fsp3) is 0. The van der Waals surface area contributed by atoms with Crippen molar-refractivity contribution in [2.24, 2.45) is 0 Å². The maximum absolute atomic E-state index is 10.1. The summed E-state index contributed by atoms with van der Waals surface area (Å²) in [7, 11) is 0. The molecule has 0 spiro atoms. The van der Waals surface area contributed by atoms with Gasteiger partial charge in [0.15, 0.2) is 0 Å². The number of hydrogen-bond donors (Lipinski definition) is 1. The quantitative estimate of drug-likeness (QED) is 0.458. The van der Waals surface area contributed by atoms with Gasteiger partial charge in [-0.3, -0.25) is 10.1 Å². The van der Waals surface area contributed by atoms with Crippen molar-refractivity contribution in [3.63, 3.8) is 0 Å². The largest absolute Gasteiger partial charge is 0.506 e. The zero-order valence-electron chi connectivity index (χ0n) is 6.78. The minimum Gasteiger partial charge on any atom is -0.506 e. The molecule has 0 amide bonds. The Kier molecular flexibility index (Phi) is 4.11. The highest BCUT2D eigenvalue weighted by atomic mass is 127. The van der Waals surface area contributed by atoms with E-state index in [1.54, 1.807) is 12.1 Å². The molecule has 0 radical (unpaired) electrons. The van der Waals surface area contributed by atoms with E-state index in [1.807, 2.05) is 45.2 Å². The molecule has 0 bridgehead atoms. The smallest absolute Gasteiger partial charge is 0.235 e. The van der Waals surface area contributed by atoms with Crippen molar-refractivity contribution in [1.82, 2.24) is 0 Å². The highest BCUT2D eigenvalue weighted by Crippen LogP contribution is 2.27. The van der Waals surface area contributed by atoms with Gasteiger partial charge in [0.2, 0.25) is 6.20 Å². The lowest BCUT2D eigenvalue weighted by atomic mass is 10.2. The molecule has 0 aliphatic heterocycles. The first kappa shape index (κ1) is 11.7. The lowest BCUT2D eigenvalue weighted by molar-refractivity contribution is -0.400. The van der Waals surface area contributed by atoms with Gasteiger partial charge in [0.25, 0.3) is 0 Å². The van der Waals surface area contributed by atoms with Crippen molar-refractivity contribution in [3.8, 4) is 5.75 Å². The first-order chi connectivity index (χ1) is 6.50. The van der Waals surface area contributed by atoms with Gasteiger partial charge in [0.05, 0.1) is 12.1 Å². The number of hydrogen-bond acceptors (Lipinski definition) is 3. The predicted molar refractivity (Wildman–Crippen MR) is 69.6 cm³/mol. The Morgan fingerprint density at radius 3 is 2.29 bits per heavy atom. The van der Waals surface area contributed by atoms with Crippen LogP contribution in [0.4, 0.5) is 0 Å².